The Hall–Kier alpha value is -1.43. The van der Waals surface area contributed by atoms with Crippen molar-refractivity contribution in [1.82, 2.24) is 0 Å². The number of ether oxygens (including phenoxy) is 1. The van der Waals surface area contributed by atoms with Crippen LogP contribution in [0.4, 0.5) is 10.1 Å². The van der Waals surface area contributed by atoms with Crippen LogP contribution in [0.1, 0.15) is 16.8 Å². The summed E-state index contributed by atoms with van der Waals surface area (Å²) in [7, 11) is 1.24. The molecular formula is C12H11BrFNO3. The highest BCUT2D eigenvalue weighted by Gasteiger charge is 2.31. The highest BCUT2D eigenvalue weighted by molar-refractivity contribution is 9.09. The molecule has 1 aliphatic rings. The van der Waals surface area contributed by atoms with E-state index in [4.69, 9.17) is 0 Å². The molecule has 18 heavy (non-hydrogen) atoms. The van der Waals surface area contributed by atoms with Crippen LogP contribution in [0, 0.1) is 5.82 Å². The second-order valence-corrected chi connectivity index (χ2v) is 5.25. The van der Waals surface area contributed by atoms with Crippen LogP contribution in [-0.4, -0.2) is 30.4 Å². The van der Waals surface area contributed by atoms with Crippen LogP contribution < -0.4 is 4.90 Å². The van der Waals surface area contributed by atoms with Gasteiger partial charge in [-0.05, 0) is 18.2 Å². The highest BCUT2D eigenvalue weighted by Crippen LogP contribution is 2.29. The van der Waals surface area contributed by atoms with Crippen LogP contribution in [0.15, 0.2) is 18.2 Å². The van der Waals surface area contributed by atoms with Gasteiger partial charge in [0.15, 0.2) is 0 Å². The first kappa shape index (κ1) is 13.0. The van der Waals surface area contributed by atoms with Gasteiger partial charge in [0.1, 0.15) is 5.82 Å². The molecule has 96 valence electrons. The predicted octanol–water partition coefficient (Wildman–Crippen LogP) is 2.11. The fraction of sp³-hybridized carbons (Fsp3) is 0.333. The Morgan fingerprint density at radius 2 is 2.28 bits per heavy atom. The quantitative estimate of drug-likeness (QED) is 0.620. The Balaban J connectivity index is 2.45. The van der Waals surface area contributed by atoms with E-state index < -0.39 is 11.8 Å². The van der Waals surface area contributed by atoms with Crippen LogP contribution in [0.5, 0.6) is 0 Å². The average Bonchev–Trinajstić information content (AvgIpc) is 2.67. The predicted molar refractivity (Wildman–Crippen MR) is 67.4 cm³/mol. The molecule has 0 radical (unpaired) electrons. The summed E-state index contributed by atoms with van der Waals surface area (Å²) < 4.78 is 17.9. The van der Waals surface area contributed by atoms with Gasteiger partial charge < -0.3 is 9.64 Å². The summed E-state index contributed by atoms with van der Waals surface area (Å²) in [5.74, 6) is -1.23. The number of halogens is 2. The molecule has 1 aliphatic heterocycles. The van der Waals surface area contributed by atoms with E-state index in [0.717, 1.165) is 0 Å². The number of alkyl halides is 1. The van der Waals surface area contributed by atoms with Crippen molar-refractivity contribution in [2.24, 2.45) is 0 Å². The number of benzene rings is 1. The monoisotopic (exact) mass is 315 g/mol. The van der Waals surface area contributed by atoms with Crippen molar-refractivity contribution in [2.45, 2.75) is 11.2 Å². The van der Waals surface area contributed by atoms with E-state index in [1.165, 1.54) is 30.2 Å². The summed E-state index contributed by atoms with van der Waals surface area (Å²) >= 11 is 3.34. The van der Waals surface area contributed by atoms with Gasteiger partial charge in [-0.3, -0.25) is 4.79 Å². The van der Waals surface area contributed by atoms with Crippen molar-refractivity contribution in [1.29, 1.82) is 0 Å². The summed E-state index contributed by atoms with van der Waals surface area (Å²) in [6.07, 6.45) is 0.330. The number of esters is 1. The molecule has 6 heteroatoms. The molecule has 0 N–H and O–H groups in total. The number of carbonyl (C=O) groups is 2. The molecule has 1 fully saturated rings. The van der Waals surface area contributed by atoms with Crippen molar-refractivity contribution in [3.05, 3.63) is 29.6 Å². The van der Waals surface area contributed by atoms with Gasteiger partial charge in [-0.25, -0.2) is 9.18 Å². The molecule has 1 amide bonds. The lowest BCUT2D eigenvalue weighted by molar-refractivity contribution is -0.117. The zero-order valence-corrected chi connectivity index (χ0v) is 11.2. The van der Waals surface area contributed by atoms with Crippen molar-refractivity contribution in [2.75, 3.05) is 18.6 Å². The number of carbonyl (C=O) groups excluding carboxylic acids is 2. The zero-order chi connectivity index (χ0) is 13.3. The molecular weight excluding hydrogens is 305 g/mol. The molecule has 1 aromatic carbocycles. The Morgan fingerprint density at radius 1 is 1.56 bits per heavy atom. The molecule has 4 nitrogen and oxygen atoms in total. The molecule has 1 atom stereocenters. The molecule has 1 aromatic rings. The Morgan fingerprint density at radius 3 is 2.83 bits per heavy atom. The second kappa shape index (κ2) is 5.06. The molecule has 0 bridgehead atoms. The SMILES string of the molecule is COC(=O)c1ccc(F)cc1N1CC(Br)CC1=O. The maximum Gasteiger partial charge on any atom is 0.339 e. The smallest absolute Gasteiger partial charge is 0.339 e. The lowest BCUT2D eigenvalue weighted by atomic mass is 10.1. The fourth-order valence-corrected chi connectivity index (χ4v) is 2.47. The molecule has 0 aliphatic carbocycles. The number of anilines is 1. The number of rotatable bonds is 2. The maximum absolute atomic E-state index is 13.3. The van der Waals surface area contributed by atoms with Crippen LogP contribution >= 0.6 is 15.9 Å². The maximum atomic E-state index is 13.3. The first-order valence-corrected chi connectivity index (χ1v) is 6.27. The minimum Gasteiger partial charge on any atom is -0.465 e. The summed E-state index contributed by atoms with van der Waals surface area (Å²) in [6.45, 7) is 0.409. The highest BCUT2D eigenvalue weighted by atomic mass is 79.9. The van der Waals surface area contributed by atoms with E-state index in [9.17, 15) is 14.0 Å². The molecule has 0 aromatic heterocycles. The first-order valence-electron chi connectivity index (χ1n) is 5.35. The molecule has 1 saturated heterocycles. The standard InChI is InChI=1S/C12H11BrFNO3/c1-18-12(17)9-3-2-8(14)5-10(9)15-6-7(13)4-11(15)16/h2-3,5,7H,4,6H2,1H3. The topological polar surface area (TPSA) is 46.6 Å². The van der Waals surface area contributed by atoms with Crippen LogP contribution in [-0.2, 0) is 9.53 Å². The van der Waals surface area contributed by atoms with Gasteiger partial charge in [0.2, 0.25) is 5.91 Å². The molecule has 0 spiro atoms. The number of nitrogens with zero attached hydrogens (tertiary/aromatic N) is 1. The van der Waals surface area contributed by atoms with Gasteiger partial charge in [0.05, 0.1) is 18.4 Å². The Bertz CT molecular complexity index is 506. The summed E-state index contributed by atoms with van der Waals surface area (Å²) in [5, 5.41) is 0. The van der Waals surface area contributed by atoms with Crippen LogP contribution in [0.2, 0.25) is 0 Å². The minimum atomic E-state index is -0.587. The molecule has 2 rings (SSSR count). The third-order valence-electron chi connectivity index (χ3n) is 2.73. The van der Waals surface area contributed by atoms with Gasteiger partial charge >= 0.3 is 5.97 Å². The number of methoxy groups -OCH3 is 1. The lowest BCUT2D eigenvalue weighted by Crippen LogP contribution is -2.27. The Labute approximate surface area is 112 Å². The van der Waals surface area contributed by atoms with Gasteiger partial charge in [0, 0.05) is 17.8 Å². The summed E-state index contributed by atoms with van der Waals surface area (Å²) in [5.41, 5.74) is 0.447. The van der Waals surface area contributed by atoms with E-state index >= 15 is 0 Å². The minimum absolute atomic E-state index is 0.0127. The van der Waals surface area contributed by atoms with E-state index in [2.05, 4.69) is 20.7 Å². The van der Waals surface area contributed by atoms with Gasteiger partial charge in [-0.1, -0.05) is 15.9 Å². The third-order valence-corrected chi connectivity index (χ3v) is 3.35. The summed E-state index contributed by atoms with van der Waals surface area (Å²) in [6, 6.07) is 3.67. The van der Waals surface area contributed by atoms with Crippen molar-refractivity contribution < 1.29 is 18.7 Å². The zero-order valence-electron chi connectivity index (χ0n) is 9.65. The Kier molecular flexibility index (Phi) is 3.65. The first-order chi connectivity index (χ1) is 8.52. The van der Waals surface area contributed by atoms with Crippen LogP contribution in [0.3, 0.4) is 0 Å². The fourth-order valence-electron chi connectivity index (χ4n) is 1.91. The molecule has 0 saturated carbocycles. The van der Waals surface area contributed by atoms with Crippen LogP contribution in [0.25, 0.3) is 0 Å². The molecule has 1 heterocycles. The largest absolute Gasteiger partial charge is 0.465 e. The van der Waals surface area contributed by atoms with Gasteiger partial charge in [-0.2, -0.15) is 0 Å². The summed E-state index contributed by atoms with van der Waals surface area (Å²) in [4.78, 5) is 24.8. The average molecular weight is 316 g/mol. The normalized spacial score (nSPS) is 19.2. The number of hydrogen-bond donors (Lipinski definition) is 0. The molecule has 1 unspecified atom stereocenters. The number of amides is 1. The van der Waals surface area contributed by atoms with E-state index in [0.29, 0.717) is 13.0 Å². The van der Waals surface area contributed by atoms with E-state index in [1.807, 2.05) is 0 Å². The van der Waals surface area contributed by atoms with Gasteiger partial charge in [-0.15, -0.1) is 0 Å². The number of hydrogen-bond acceptors (Lipinski definition) is 3. The van der Waals surface area contributed by atoms with E-state index in [1.54, 1.807) is 0 Å². The van der Waals surface area contributed by atoms with Crippen molar-refractivity contribution >= 4 is 33.5 Å². The third kappa shape index (κ3) is 2.38. The van der Waals surface area contributed by atoms with Crippen molar-refractivity contribution in [3.8, 4) is 0 Å². The lowest BCUT2D eigenvalue weighted by Gasteiger charge is -2.18. The second-order valence-electron chi connectivity index (χ2n) is 3.96. The van der Waals surface area contributed by atoms with Crippen molar-refractivity contribution in [3.63, 3.8) is 0 Å². The van der Waals surface area contributed by atoms with Gasteiger partial charge in [0.25, 0.3) is 0 Å². The van der Waals surface area contributed by atoms with E-state index in [-0.39, 0.29) is 22.0 Å².